The maximum absolute atomic E-state index is 13.2. The van der Waals surface area contributed by atoms with E-state index < -0.39 is 23.7 Å². The summed E-state index contributed by atoms with van der Waals surface area (Å²) in [4.78, 5) is 30.1. The van der Waals surface area contributed by atoms with Crippen molar-refractivity contribution < 1.29 is 27.5 Å². The lowest BCUT2D eigenvalue weighted by Crippen LogP contribution is -2.52. The summed E-state index contributed by atoms with van der Waals surface area (Å²) in [5, 5.41) is 2.66. The molecule has 0 bridgehead atoms. The summed E-state index contributed by atoms with van der Waals surface area (Å²) in [6.45, 7) is 8.00. The predicted octanol–water partition coefficient (Wildman–Crippen LogP) is 3.95. The molecule has 1 aliphatic carbocycles. The average molecular weight is 484 g/mol. The molecule has 190 valence electrons. The summed E-state index contributed by atoms with van der Waals surface area (Å²) in [7, 11) is 2.13. The second-order valence-electron chi connectivity index (χ2n) is 9.64. The Bertz CT molecular complexity index is 861. The van der Waals surface area contributed by atoms with Crippen LogP contribution in [0.1, 0.15) is 62.4 Å². The molecule has 9 heteroatoms. The minimum atomic E-state index is -4.53. The molecule has 1 saturated heterocycles. The number of nitrogens with zero attached hydrogens (tertiary/aromatic N) is 2. The van der Waals surface area contributed by atoms with Crippen LogP contribution < -0.4 is 5.32 Å². The van der Waals surface area contributed by atoms with E-state index in [4.69, 9.17) is 4.74 Å². The molecule has 0 radical (unpaired) electrons. The topological polar surface area (TPSA) is 61.9 Å². The number of benzene rings is 1. The smallest absolute Gasteiger partial charge is 0.381 e. The number of amides is 2. The Kier molecular flexibility index (Phi) is 8.62. The van der Waals surface area contributed by atoms with Crippen molar-refractivity contribution in [2.24, 2.45) is 5.92 Å². The molecule has 0 aromatic heterocycles. The van der Waals surface area contributed by atoms with Crippen molar-refractivity contribution in [3.05, 3.63) is 35.4 Å². The average Bonchev–Trinajstić information content (AvgIpc) is 3.16. The van der Waals surface area contributed by atoms with E-state index >= 15 is 0 Å². The summed E-state index contributed by atoms with van der Waals surface area (Å²) in [5.74, 6) is -0.635. The van der Waals surface area contributed by atoms with Crippen molar-refractivity contribution in [2.45, 2.75) is 76.8 Å². The molecule has 1 N–H and O–H groups in total. The summed E-state index contributed by atoms with van der Waals surface area (Å²) < 4.78 is 44.7. The molecule has 1 heterocycles. The van der Waals surface area contributed by atoms with E-state index in [-0.39, 0.29) is 23.4 Å². The van der Waals surface area contributed by atoms with Crippen molar-refractivity contribution in [2.75, 3.05) is 26.8 Å². The van der Waals surface area contributed by atoms with Crippen LogP contribution in [0.25, 0.3) is 0 Å². The van der Waals surface area contributed by atoms with Gasteiger partial charge in [-0.05, 0) is 71.7 Å². The Morgan fingerprint density at radius 1 is 1.26 bits per heavy atom. The van der Waals surface area contributed by atoms with E-state index in [1.165, 1.54) is 12.1 Å². The number of hydrogen-bond donors (Lipinski definition) is 1. The lowest BCUT2D eigenvalue weighted by atomic mass is 9.80. The van der Waals surface area contributed by atoms with Crippen molar-refractivity contribution in [1.82, 2.24) is 15.1 Å². The van der Waals surface area contributed by atoms with Gasteiger partial charge in [-0.15, -0.1) is 0 Å². The zero-order chi connectivity index (χ0) is 25.0. The largest absolute Gasteiger partial charge is 0.416 e. The van der Waals surface area contributed by atoms with E-state index in [0.29, 0.717) is 38.3 Å². The van der Waals surface area contributed by atoms with Crippen LogP contribution in [0.2, 0.25) is 0 Å². The van der Waals surface area contributed by atoms with Crippen LogP contribution in [0.15, 0.2) is 24.3 Å². The highest BCUT2D eigenvalue weighted by molar-refractivity contribution is 5.98. The fourth-order valence-electron chi connectivity index (χ4n) is 5.12. The second-order valence-corrected chi connectivity index (χ2v) is 9.64. The molecule has 1 aliphatic heterocycles. The first-order valence-corrected chi connectivity index (χ1v) is 12.1. The standard InChI is InChI=1S/C25H36F3N3O3/c1-5-34-15-18-14-20(30(4)16(2)3)9-10-22(18)31-12-11-21(24(31)33)29-23(32)17-7-6-8-19(13-17)25(26,27)28/h6-8,13,16,18,20-22H,5,9-12,14-15H2,1-4H3,(H,29,32)/t18-,20+,21?,22-/m0/s1. The molecule has 1 saturated carbocycles. The quantitative estimate of drug-likeness (QED) is 0.608. The van der Waals surface area contributed by atoms with E-state index in [0.717, 1.165) is 31.4 Å². The van der Waals surface area contributed by atoms with Gasteiger partial charge in [-0.1, -0.05) is 6.07 Å². The minimum Gasteiger partial charge on any atom is -0.381 e. The number of likely N-dealkylation sites (tertiary alicyclic amines) is 1. The Balaban J connectivity index is 1.67. The maximum atomic E-state index is 13.2. The SMILES string of the molecule is CCOC[C@@H]1C[C@H](N(C)C(C)C)CC[C@@H]1N1CCC(NC(=O)c2cccc(C(F)(F)F)c2)C1=O. The van der Waals surface area contributed by atoms with Gasteiger partial charge in [0.15, 0.2) is 0 Å². The molecule has 34 heavy (non-hydrogen) atoms. The zero-order valence-corrected chi connectivity index (χ0v) is 20.4. The van der Waals surface area contributed by atoms with Crippen molar-refractivity contribution in [3.63, 3.8) is 0 Å². The number of ether oxygens (including phenoxy) is 1. The van der Waals surface area contributed by atoms with Gasteiger partial charge in [0.2, 0.25) is 5.91 Å². The Morgan fingerprint density at radius 2 is 2.00 bits per heavy atom. The third kappa shape index (κ3) is 6.10. The molecule has 4 atom stereocenters. The minimum absolute atomic E-state index is 0.0336. The van der Waals surface area contributed by atoms with Crippen LogP contribution in [0.4, 0.5) is 13.2 Å². The number of hydrogen-bond acceptors (Lipinski definition) is 4. The van der Waals surface area contributed by atoms with Crippen LogP contribution in [0.3, 0.4) is 0 Å². The molecule has 1 aromatic rings. The molecule has 0 spiro atoms. The Morgan fingerprint density at radius 3 is 2.65 bits per heavy atom. The normalized spacial score (nSPS) is 25.9. The number of nitrogens with one attached hydrogen (secondary N) is 1. The van der Waals surface area contributed by atoms with E-state index in [1.54, 1.807) is 0 Å². The van der Waals surface area contributed by atoms with Crippen LogP contribution >= 0.6 is 0 Å². The van der Waals surface area contributed by atoms with Gasteiger partial charge in [0, 0.05) is 42.8 Å². The highest BCUT2D eigenvalue weighted by Crippen LogP contribution is 2.34. The first kappa shape index (κ1) is 26.5. The Labute approximate surface area is 199 Å². The first-order valence-electron chi connectivity index (χ1n) is 12.1. The van der Waals surface area contributed by atoms with Gasteiger partial charge in [-0.3, -0.25) is 9.59 Å². The maximum Gasteiger partial charge on any atom is 0.416 e. The third-order valence-electron chi connectivity index (χ3n) is 7.24. The van der Waals surface area contributed by atoms with Gasteiger partial charge in [0.25, 0.3) is 5.91 Å². The molecule has 2 amide bonds. The van der Waals surface area contributed by atoms with Gasteiger partial charge in [0.05, 0.1) is 12.2 Å². The fourth-order valence-corrected chi connectivity index (χ4v) is 5.12. The fraction of sp³-hybridized carbons (Fsp3) is 0.680. The lowest BCUT2D eigenvalue weighted by molar-refractivity contribution is -0.137. The molecule has 2 fully saturated rings. The highest BCUT2D eigenvalue weighted by atomic mass is 19.4. The third-order valence-corrected chi connectivity index (χ3v) is 7.24. The predicted molar refractivity (Wildman–Crippen MR) is 123 cm³/mol. The molecule has 1 unspecified atom stereocenters. The molecule has 2 aliphatic rings. The summed E-state index contributed by atoms with van der Waals surface area (Å²) in [5.41, 5.74) is -0.992. The Hall–Kier alpha value is -2.13. The van der Waals surface area contributed by atoms with Crippen LogP contribution in [0, 0.1) is 5.92 Å². The van der Waals surface area contributed by atoms with Crippen molar-refractivity contribution in [1.29, 1.82) is 0 Å². The van der Waals surface area contributed by atoms with Crippen LogP contribution in [-0.4, -0.2) is 72.6 Å². The summed E-state index contributed by atoms with van der Waals surface area (Å²) in [6, 6.07) is 4.42. The molecule has 6 nitrogen and oxygen atoms in total. The van der Waals surface area contributed by atoms with Gasteiger partial charge >= 0.3 is 6.18 Å². The molecule has 1 aromatic carbocycles. The number of halogens is 3. The van der Waals surface area contributed by atoms with Crippen LogP contribution in [-0.2, 0) is 15.7 Å². The number of carbonyl (C=O) groups is 2. The summed E-state index contributed by atoms with van der Waals surface area (Å²) >= 11 is 0. The van der Waals surface area contributed by atoms with Crippen molar-refractivity contribution >= 4 is 11.8 Å². The lowest BCUT2D eigenvalue weighted by Gasteiger charge is -2.44. The first-order chi connectivity index (χ1) is 16.0. The van der Waals surface area contributed by atoms with E-state index in [2.05, 4.69) is 31.1 Å². The number of alkyl halides is 3. The monoisotopic (exact) mass is 483 g/mol. The molecule has 3 rings (SSSR count). The van der Waals surface area contributed by atoms with E-state index in [9.17, 15) is 22.8 Å². The van der Waals surface area contributed by atoms with Gasteiger partial charge < -0.3 is 19.9 Å². The van der Waals surface area contributed by atoms with E-state index in [1.807, 2.05) is 11.8 Å². The molecular weight excluding hydrogens is 447 g/mol. The number of carbonyl (C=O) groups excluding carboxylic acids is 2. The molecular formula is C25H36F3N3O3. The summed E-state index contributed by atoms with van der Waals surface area (Å²) in [6.07, 6.45) is -1.32. The van der Waals surface area contributed by atoms with Gasteiger partial charge in [-0.25, -0.2) is 0 Å². The van der Waals surface area contributed by atoms with Gasteiger partial charge in [-0.2, -0.15) is 13.2 Å². The second kappa shape index (κ2) is 11.1. The number of rotatable bonds is 8. The van der Waals surface area contributed by atoms with Crippen molar-refractivity contribution in [3.8, 4) is 0 Å². The zero-order valence-electron chi connectivity index (χ0n) is 20.4. The van der Waals surface area contributed by atoms with Gasteiger partial charge in [0.1, 0.15) is 6.04 Å². The van der Waals surface area contributed by atoms with Crippen LogP contribution in [0.5, 0.6) is 0 Å². The highest BCUT2D eigenvalue weighted by Gasteiger charge is 2.43.